The molecule has 2 aliphatic rings. The van der Waals surface area contributed by atoms with Crippen molar-refractivity contribution in [2.45, 2.75) is 13.3 Å². The van der Waals surface area contributed by atoms with Gasteiger partial charge in [0.05, 0.1) is 11.8 Å². The van der Waals surface area contributed by atoms with Gasteiger partial charge in [0.25, 0.3) is 0 Å². The van der Waals surface area contributed by atoms with Gasteiger partial charge in [-0.05, 0) is 60.1 Å². The van der Waals surface area contributed by atoms with Crippen molar-refractivity contribution in [3.8, 4) is 11.1 Å². The number of benzene rings is 1. The maximum Gasteiger partial charge on any atom is 0.307 e. The molecule has 1 fully saturated rings. The van der Waals surface area contributed by atoms with Gasteiger partial charge >= 0.3 is 5.97 Å². The number of fused-ring (bicyclic) bond motifs is 2. The summed E-state index contributed by atoms with van der Waals surface area (Å²) in [6.45, 7) is 1.93. The summed E-state index contributed by atoms with van der Waals surface area (Å²) < 4.78 is 0. The maximum absolute atomic E-state index is 12.9. The van der Waals surface area contributed by atoms with Gasteiger partial charge in [0.2, 0.25) is 5.91 Å². The van der Waals surface area contributed by atoms with Crippen molar-refractivity contribution in [1.82, 2.24) is 4.98 Å². The number of carbonyl (C=O) groups is 2. The molecule has 1 aromatic carbocycles. The highest BCUT2D eigenvalue weighted by Gasteiger charge is 2.51. The smallest absolute Gasteiger partial charge is 0.307 e. The molecule has 0 saturated heterocycles. The summed E-state index contributed by atoms with van der Waals surface area (Å²) in [5.41, 5.74) is 3.67. The van der Waals surface area contributed by atoms with Crippen molar-refractivity contribution in [1.29, 1.82) is 0 Å². The number of amides is 1. The van der Waals surface area contributed by atoms with E-state index >= 15 is 0 Å². The largest absolute Gasteiger partial charge is 0.481 e. The van der Waals surface area contributed by atoms with E-state index < -0.39 is 17.8 Å². The molecule has 5 heteroatoms. The Morgan fingerprint density at radius 1 is 1.04 bits per heavy atom. The molecule has 5 nitrogen and oxygen atoms in total. The second-order valence-corrected chi connectivity index (χ2v) is 7.09. The first-order chi connectivity index (χ1) is 12.5. The summed E-state index contributed by atoms with van der Waals surface area (Å²) >= 11 is 0. The number of carboxylic acids is 1. The van der Waals surface area contributed by atoms with Gasteiger partial charge in [0.15, 0.2) is 0 Å². The maximum atomic E-state index is 12.9. The van der Waals surface area contributed by atoms with E-state index in [9.17, 15) is 14.7 Å². The molecule has 1 heterocycles. The first-order valence-corrected chi connectivity index (χ1v) is 8.77. The Labute approximate surface area is 151 Å². The summed E-state index contributed by atoms with van der Waals surface area (Å²) in [5.74, 6) is -2.24. The first kappa shape index (κ1) is 16.5. The third-order valence-electron chi connectivity index (χ3n) is 5.56. The fourth-order valence-electron chi connectivity index (χ4n) is 4.21. The van der Waals surface area contributed by atoms with Gasteiger partial charge in [-0.3, -0.25) is 14.6 Å². The molecule has 132 valence electrons. The van der Waals surface area contributed by atoms with E-state index in [4.69, 9.17) is 0 Å². The van der Waals surface area contributed by atoms with E-state index in [1.54, 1.807) is 12.4 Å². The molecule has 4 atom stereocenters. The molecule has 0 spiro atoms. The van der Waals surface area contributed by atoms with Crippen LogP contribution in [0.2, 0.25) is 0 Å². The summed E-state index contributed by atoms with van der Waals surface area (Å²) in [6.07, 6.45) is 8.15. The van der Waals surface area contributed by atoms with E-state index in [0.29, 0.717) is 0 Å². The highest BCUT2D eigenvalue weighted by molar-refractivity contribution is 5.97. The fraction of sp³-hybridized carbons (Fsp3) is 0.286. The molecule has 1 amide bonds. The molecule has 4 rings (SSSR count). The molecule has 26 heavy (non-hydrogen) atoms. The molecule has 2 aromatic rings. The Kier molecular flexibility index (Phi) is 4.07. The molecule has 2 N–H and O–H groups in total. The number of carbonyl (C=O) groups excluding carboxylic acids is 1. The van der Waals surface area contributed by atoms with Crippen LogP contribution in [0, 0.1) is 30.6 Å². The van der Waals surface area contributed by atoms with Crippen LogP contribution < -0.4 is 5.32 Å². The van der Waals surface area contributed by atoms with E-state index in [-0.39, 0.29) is 17.7 Å². The standard InChI is InChI=1S/C21H20N2O3/c1-12-2-3-14(13-6-8-22-9-7-13)11-17(12)23-20(24)18-15-4-5-16(10-15)19(18)21(25)26/h2-9,11,15-16,18-19H,10H2,1H3,(H,23,24)(H,25,26). The number of nitrogens with one attached hydrogen (secondary N) is 1. The van der Waals surface area contributed by atoms with Crippen molar-refractivity contribution in [2.75, 3.05) is 5.32 Å². The molecule has 2 bridgehead atoms. The van der Waals surface area contributed by atoms with Gasteiger partial charge in [-0.1, -0.05) is 24.3 Å². The topological polar surface area (TPSA) is 79.3 Å². The number of pyridine rings is 1. The Hall–Kier alpha value is -2.95. The first-order valence-electron chi connectivity index (χ1n) is 8.77. The molecular formula is C21H20N2O3. The van der Waals surface area contributed by atoms with E-state index in [1.165, 1.54) is 0 Å². The Balaban J connectivity index is 1.60. The Bertz CT molecular complexity index is 891. The van der Waals surface area contributed by atoms with E-state index in [2.05, 4.69) is 10.3 Å². The highest BCUT2D eigenvalue weighted by atomic mass is 16.4. The predicted octanol–water partition coefficient (Wildman–Crippen LogP) is 3.52. The number of aryl methyl sites for hydroxylation is 1. The fourth-order valence-corrected chi connectivity index (χ4v) is 4.21. The molecular weight excluding hydrogens is 328 g/mol. The number of carboxylic acid groups (broad SMARTS) is 1. The molecule has 0 aliphatic heterocycles. The second-order valence-electron chi connectivity index (χ2n) is 7.09. The van der Waals surface area contributed by atoms with Crippen LogP contribution in [0.15, 0.2) is 54.9 Å². The van der Waals surface area contributed by atoms with Gasteiger partial charge in [0, 0.05) is 18.1 Å². The van der Waals surface area contributed by atoms with Gasteiger partial charge < -0.3 is 10.4 Å². The van der Waals surface area contributed by atoms with Crippen LogP contribution in [0.4, 0.5) is 5.69 Å². The van der Waals surface area contributed by atoms with Crippen LogP contribution in [-0.2, 0) is 9.59 Å². The van der Waals surface area contributed by atoms with Crippen LogP contribution in [0.3, 0.4) is 0 Å². The summed E-state index contributed by atoms with van der Waals surface area (Å²) in [6, 6.07) is 9.72. The number of rotatable bonds is 4. The summed E-state index contributed by atoms with van der Waals surface area (Å²) in [5, 5.41) is 12.5. The molecule has 0 radical (unpaired) electrons. The van der Waals surface area contributed by atoms with Gasteiger partial charge in [-0.2, -0.15) is 0 Å². The molecule has 1 aromatic heterocycles. The van der Waals surface area contributed by atoms with Crippen molar-refractivity contribution in [2.24, 2.45) is 23.7 Å². The number of hydrogen-bond acceptors (Lipinski definition) is 3. The van der Waals surface area contributed by atoms with Gasteiger partial charge in [-0.25, -0.2) is 0 Å². The lowest BCUT2D eigenvalue weighted by Crippen LogP contribution is -2.36. The number of aromatic nitrogens is 1. The lowest BCUT2D eigenvalue weighted by molar-refractivity contribution is -0.146. The van der Waals surface area contributed by atoms with Crippen LogP contribution in [-0.4, -0.2) is 22.0 Å². The minimum Gasteiger partial charge on any atom is -0.481 e. The SMILES string of the molecule is Cc1ccc(-c2ccncc2)cc1NC(=O)C1C2C=CC(C2)C1C(=O)O. The average molecular weight is 348 g/mol. The van der Waals surface area contributed by atoms with Crippen molar-refractivity contribution in [3.63, 3.8) is 0 Å². The van der Waals surface area contributed by atoms with Crippen molar-refractivity contribution in [3.05, 3.63) is 60.4 Å². The minimum atomic E-state index is -0.885. The Morgan fingerprint density at radius 2 is 1.73 bits per heavy atom. The zero-order chi connectivity index (χ0) is 18.3. The summed E-state index contributed by atoms with van der Waals surface area (Å²) in [7, 11) is 0. The lowest BCUT2D eigenvalue weighted by Gasteiger charge is -2.24. The molecule has 4 unspecified atom stereocenters. The number of hydrogen-bond donors (Lipinski definition) is 2. The predicted molar refractivity (Wildman–Crippen MR) is 98.4 cm³/mol. The normalized spacial score (nSPS) is 26.0. The molecule has 2 aliphatic carbocycles. The Morgan fingerprint density at radius 3 is 2.42 bits per heavy atom. The number of anilines is 1. The van der Waals surface area contributed by atoms with Crippen LogP contribution >= 0.6 is 0 Å². The van der Waals surface area contributed by atoms with Gasteiger partial charge in [0.1, 0.15) is 0 Å². The van der Waals surface area contributed by atoms with Crippen LogP contribution in [0.25, 0.3) is 11.1 Å². The monoisotopic (exact) mass is 348 g/mol. The lowest BCUT2D eigenvalue weighted by atomic mass is 9.82. The number of nitrogens with zero attached hydrogens (tertiary/aromatic N) is 1. The third-order valence-corrected chi connectivity index (χ3v) is 5.56. The third kappa shape index (κ3) is 2.79. The number of allylic oxidation sites excluding steroid dienone is 2. The summed E-state index contributed by atoms with van der Waals surface area (Å²) in [4.78, 5) is 28.6. The van der Waals surface area contributed by atoms with Crippen LogP contribution in [0.1, 0.15) is 12.0 Å². The quantitative estimate of drug-likeness (QED) is 0.829. The molecule has 1 saturated carbocycles. The van der Waals surface area contributed by atoms with E-state index in [0.717, 1.165) is 28.8 Å². The highest BCUT2D eigenvalue weighted by Crippen LogP contribution is 2.48. The zero-order valence-electron chi connectivity index (χ0n) is 14.4. The van der Waals surface area contributed by atoms with Gasteiger partial charge in [-0.15, -0.1) is 0 Å². The minimum absolute atomic E-state index is 0.0183. The van der Waals surface area contributed by atoms with Crippen LogP contribution in [0.5, 0.6) is 0 Å². The number of aliphatic carboxylic acids is 1. The zero-order valence-corrected chi connectivity index (χ0v) is 14.4. The van der Waals surface area contributed by atoms with Crippen molar-refractivity contribution < 1.29 is 14.7 Å². The van der Waals surface area contributed by atoms with E-state index in [1.807, 2.05) is 49.4 Å². The second kappa shape index (κ2) is 6.41. The van der Waals surface area contributed by atoms with Crippen molar-refractivity contribution >= 4 is 17.6 Å². The average Bonchev–Trinajstić information content (AvgIpc) is 3.25.